The molecule has 0 unspecified atom stereocenters. The molecule has 1 aliphatic rings. The molecule has 132 valence electrons. The van der Waals surface area contributed by atoms with E-state index in [2.05, 4.69) is 15.0 Å². The molecule has 1 aromatic carbocycles. The van der Waals surface area contributed by atoms with Crippen molar-refractivity contribution in [3.05, 3.63) is 47.2 Å². The van der Waals surface area contributed by atoms with Crippen LogP contribution < -0.4 is 5.32 Å². The average Bonchev–Trinajstić information content (AvgIpc) is 3.27. The molecular weight excluding hydrogens is 346 g/mol. The summed E-state index contributed by atoms with van der Waals surface area (Å²) in [5.74, 6) is -0.326. The van der Waals surface area contributed by atoms with Gasteiger partial charge in [0, 0.05) is 29.8 Å². The minimum Gasteiger partial charge on any atom is -0.376 e. The number of anilines is 1. The number of hydrogen-bond acceptors (Lipinski definition) is 5. The molecule has 1 fully saturated rings. The van der Waals surface area contributed by atoms with Gasteiger partial charge in [-0.25, -0.2) is 0 Å². The molecule has 2 aromatic rings. The summed E-state index contributed by atoms with van der Waals surface area (Å²) in [6, 6.07) is 8.19. The van der Waals surface area contributed by atoms with E-state index in [4.69, 9.17) is 16.3 Å². The molecule has 2 heterocycles. The van der Waals surface area contributed by atoms with Gasteiger partial charge in [0.15, 0.2) is 5.82 Å². The normalized spacial score (nSPS) is 16.6. The first-order valence-corrected chi connectivity index (χ1v) is 8.36. The fraction of sp³-hybridized carbons (Fsp3) is 0.353. The number of hydrogen-bond donors (Lipinski definition) is 1. The Balaban J connectivity index is 1.71. The molecule has 0 aliphatic carbocycles. The quantitative estimate of drug-likeness (QED) is 0.852. The lowest BCUT2D eigenvalue weighted by Crippen LogP contribution is -2.42. The fourth-order valence-corrected chi connectivity index (χ4v) is 2.88. The summed E-state index contributed by atoms with van der Waals surface area (Å²) in [5.41, 5.74) is 0.430. The summed E-state index contributed by atoms with van der Waals surface area (Å²) < 4.78 is 10.3. The molecule has 3 rings (SSSR count). The van der Waals surface area contributed by atoms with Crippen LogP contribution in [0.2, 0.25) is 5.02 Å². The SMILES string of the molecule is O=C(CN(C[C@H]1CCCO1)C(=O)c1cccc(Cl)c1)Nc1ccon1. The maximum atomic E-state index is 12.8. The third kappa shape index (κ3) is 4.80. The van der Waals surface area contributed by atoms with Crippen molar-refractivity contribution in [2.45, 2.75) is 18.9 Å². The highest BCUT2D eigenvalue weighted by Gasteiger charge is 2.25. The van der Waals surface area contributed by atoms with Crippen LogP contribution in [0.1, 0.15) is 23.2 Å². The topological polar surface area (TPSA) is 84.7 Å². The lowest BCUT2D eigenvalue weighted by Gasteiger charge is -2.25. The summed E-state index contributed by atoms with van der Waals surface area (Å²) in [6.07, 6.45) is 3.11. The van der Waals surface area contributed by atoms with Gasteiger partial charge in [-0.2, -0.15) is 0 Å². The molecule has 2 amide bonds. The first kappa shape index (κ1) is 17.4. The van der Waals surface area contributed by atoms with E-state index in [1.165, 1.54) is 17.2 Å². The van der Waals surface area contributed by atoms with Crippen molar-refractivity contribution in [2.24, 2.45) is 0 Å². The minimum absolute atomic E-state index is 0.0667. The van der Waals surface area contributed by atoms with Crippen LogP contribution >= 0.6 is 11.6 Å². The van der Waals surface area contributed by atoms with Crippen molar-refractivity contribution in [2.75, 3.05) is 25.0 Å². The number of carbonyl (C=O) groups excluding carboxylic acids is 2. The highest BCUT2D eigenvalue weighted by molar-refractivity contribution is 6.31. The van der Waals surface area contributed by atoms with E-state index in [1.54, 1.807) is 24.3 Å². The summed E-state index contributed by atoms with van der Waals surface area (Å²) in [7, 11) is 0. The van der Waals surface area contributed by atoms with Gasteiger partial charge in [0.25, 0.3) is 5.91 Å². The van der Waals surface area contributed by atoms with Gasteiger partial charge in [-0.15, -0.1) is 0 Å². The second-order valence-corrected chi connectivity index (χ2v) is 6.20. The van der Waals surface area contributed by atoms with Gasteiger partial charge in [-0.05, 0) is 31.0 Å². The van der Waals surface area contributed by atoms with Gasteiger partial charge in [0.05, 0.1) is 6.10 Å². The Bertz CT molecular complexity index is 729. The van der Waals surface area contributed by atoms with Gasteiger partial charge in [-0.1, -0.05) is 22.8 Å². The first-order valence-electron chi connectivity index (χ1n) is 7.98. The zero-order valence-electron chi connectivity index (χ0n) is 13.5. The molecule has 1 aromatic heterocycles. The summed E-state index contributed by atoms with van der Waals surface area (Å²) in [6.45, 7) is 0.907. The Kier molecular flexibility index (Phi) is 5.67. The summed E-state index contributed by atoms with van der Waals surface area (Å²) >= 11 is 5.97. The fourth-order valence-electron chi connectivity index (χ4n) is 2.69. The molecule has 1 atom stereocenters. The van der Waals surface area contributed by atoms with Crippen molar-refractivity contribution in [3.8, 4) is 0 Å². The van der Waals surface area contributed by atoms with Crippen molar-refractivity contribution in [1.29, 1.82) is 0 Å². The van der Waals surface area contributed by atoms with Crippen LogP contribution in [0.4, 0.5) is 5.82 Å². The van der Waals surface area contributed by atoms with Crippen molar-refractivity contribution < 1.29 is 18.8 Å². The van der Waals surface area contributed by atoms with E-state index < -0.39 is 0 Å². The van der Waals surface area contributed by atoms with Gasteiger partial charge >= 0.3 is 0 Å². The Morgan fingerprint density at radius 3 is 2.92 bits per heavy atom. The van der Waals surface area contributed by atoms with Crippen LogP contribution in [-0.4, -0.2) is 47.7 Å². The third-order valence-electron chi connectivity index (χ3n) is 3.85. The predicted octanol–water partition coefficient (Wildman–Crippen LogP) is 2.59. The van der Waals surface area contributed by atoms with E-state index in [9.17, 15) is 9.59 Å². The van der Waals surface area contributed by atoms with Crippen molar-refractivity contribution in [3.63, 3.8) is 0 Å². The average molecular weight is 364 g/mol. The Morgan fingerprint density at radius 2 is 2.24 bits per heavy atom. The highest BCUT2D eigenvalue weighted by atomic mass is 35.5. The highest BCUT2D eigenvalue weighted by Crippen LogP contribution is 2.17. The van der Waals surface area contributed by atoms with Gasteiger partial charge in [0.2, 0.25) is 5.91 Å². The van der Waals surface area contributed by atoms with Gasteiger partial charge < -0.3 is 19.5 Å². The van der Waals surface area contributed by atoms with Crippen LogP contribution in [0.25, 0.3) is 0 Å². The van der Waals surface area contributed by atoms with Crippen LogP contribution in [0.15, 0.2) is 41.1 Å². The number of carbonyl (C=O) groups is 2. The molecule has 0 saturated carbocycles. The lowest BCUT2D eigenvalue weighted by molar-refractivity contribution is -0.117. The van der Waals surface area contributed by atoms with E-state index in [0.29, 0.717) is 29.6 Å². The van der Waals surface area contributed by atoms with E-state index in [1.807, 2.05) is 0 Å². The summed E-state index contributed by atoms with van der Waals surface area (Å²) in [5, 5.41) is 6.69. The molecule has 1 aliphatic heterocycles. The minimum atomic E-state index is -0.359. The molecule has 7 nitrogen and oxygen atoms in total. The molecular formula is C17H18ClN3O4. The summed E-state index contributed by atoms with van der Waals surface area (Å²) in [4.78, 5) is 26.5. The Labute approximate surface area is 149 Å². The molecule has 1 N–H and O–H groups in total. The number of amides is 2. The maximum Gasteiger partial charge on any atom is 0.254 e. The van der Waals surface area contributed by atoms with Crippen LogP contribution in [-0.2, 0) is 9.53 Å². The molecule has 0 bridgehead atoms. The second-order valence-electron chi connectivity index (χ2n) is 5.76. The van der Waals surface area contributed by atoms with E-state index in [0.717, 1.165) is 12.8 Å². The second kappa shape index (κ2) is 8.13. The van der Waals surface area contributed by atoms with Crippen LogP contribution in [0.5, 0.6) is 0 Å². The zero-order valence-corrected chi connectivity index (χ0v) is 14.2. The van der Waals surface area contributed by atoms with E-state index in [-0.39, 0.29) is 24.5 Å². The molecule has 0 radical (unpaired) electrons. The van der Waals surface area contributed by atoms with Gasteiger partial charge in [0.1, 0.15) is 12.8 Å². The smallest absolute Gasteiger partial charge is 0.254 e. The maximum absolute atomic E-state index is 12.8. The molecule has 1 saturated heterocycles. The Hall–Kier alpha value is -2.38. The molecule has 0 spiro atoms. The number of ether oxygens (including phenoxy) is 1. The van der Waals surface area contributed by atoms with Crippen LogP contribution in [0, 0.1) is 0 Å². The monoisotopic (exact) mass is 363 g/mol. The molecule has 8 heteroatoms. The number of halogens is 1. The number of nitrogens with one attached hydrogen (secondary N) is 1. The lowest BCUT2D eigenvalue weighted by atomic mass is 10.1. The first-order chi connectivity index (χ1) is 12.1. The zero-order chi connectivity index (χ0) is 17.6. The third-order valence-corrected chi connectivity index (χ3v) is 4.08. The standard InChI is InChI=1S/C17H18ClN3O4/c18-13-4-1-3-12(9-13)17(23)21(10-14-5-2-7-24-14)11-16(22)19-15-6-8-25-20-15/h1,3-4,6,8-9,14H,2,5,7,10-11H2,(H,19,20,22)/t14-/m1/s1. The number of aromatic nitrogens is 1. The largest absolute Gasteiger partial charge is 0.376 e. The predicted molar refractivity (Wildman–Crippen MR) is 91.5 cm³/mol. The van der Waals surface area contributed by atoms with Crippen molar-refractivity contribution in [1.82, 2.24) is 10.1 Å². The molecule has 25 heavy (non-hydrogen) atoms. The number of rotatable bonds is 6. The van der Waals surface area contributed by atoms with Gasteiger partial charge in [-0.3, -0.25) is 9.59 Å². The van der Waals surface area contributed by atoms with E-state index >= 15 is 0 Å². The van der Waals surface area contributed by atoms with Crippen molar-refractivity contribution >= 4 is 29.2 Å². The number of nitrogens with zero attached hydrogens (tertiary/aromatic N) is 2. The number of benzene rings is 1. The van der Waals surface area contributed by atoms with Crippen LogP contribution in [0.3, 0.4) is 0 Å². The Morgan fingerprint density at radius 1 is 1.36 bits per heavy atom.